The molecule has 2 aromatic heterocycles. The molecule has 0 unspecified atom stereocenters. The van der Waals surface area contributed by atoms with Gasteiger partial charge in [-0.1, -0.05) is 0 Å². The van der Waals surface area contributed by atoms with Crippen LogP contribution in [0.2, 0.25) is 0 Å². The maximum atomic E-state index is 13.5. The van der Waals surface area contributed by atoms with Gasteiger partial charge in [0.15, 0.2) is 5.01 Å². The molecular weight excluding hydrogens is 462 g/mol. The van der Waals surface area contributed by atoms with Gasteiger partial charge in [-0.25, -0.2) is 9.97 Å². The van der Waals surface area contributed by atoms with E-state index in [-0.39, 0.29) is 17.0 Å². The summed E-state index contributed by atoms with van der Waals surface area (Å²) in [7, 11) is 0. The van der Waals surface area contributed by atoms with Gasteiger partial charge in [0, 0.05) is 30.4 Å². The van der Waals surface area contributed by atoms with Gasteiger partial charge >= 0.3 is 0 Å². The molecule has 35 heavy (non-hydrogen) atoms. The molecule has 9 heteroatoms. The Balaban J connectivity index is 1.67. The van der Waals surface area contributed by atoms with Crippen molar-refractivity contribution in [2.45, 2.75) is 91.0 Å². The van der Waals surface area contributed by atoms with Crippen LogP contribution in [0.3, 0.4) is 0 Å². The van der Waals surface area contributed by atoms with Crippen molar-refractivity contribution in [3.8, 4) is 10.4 Å². The number of nitrogens with zero attached hydrogens (tertiary/aromatic N) is 3. The normalized spacial score (nSPS) is 20.0. The molecule has 1 saturated heterocycles. The fourth-order valence-electron chi connectivity index (χ4n) is 4.37. The Morgan fingerprint density at radius 3 is 2.54 bits per heavy atom. The third kappa shape index (κ3) is 5.67. The maximum Gasteiger partial charge on any atom is 0.280 e. The summed E-state index contributed by atoms with van der Waals surface area (Å²) in [5, 5.41) is 16.7. The summed E-state index contributed by atoms with van der Waals surface area (Å²) < 4.78 is 0. The highest BCUT2D eigenvalue weighted by atomic mass is 32.1. The van der Waals surface area contributed by atoms with Crippen molar-refractivity contribution in [2.24, 2.45) is 5.92 Å². The second kappa shape index (κ2) is 9.85. The number of likely N-dealkylation sites (tertiary alicyclic amines) is 1. The quantitative estimate of drug-likeness (QED) is 0.502. The van der Waals surface area contributed by atoms with E-state index in [0.717, 1.165) is 29.8 Å². The smallest absolute Gasteiger partial charge is 0.280 e. The number of anilines is 1. The molecule has 1 saturated carbocycles. The topological polar surface area (TPSA) is 107 Å². The molecule has 0 aromatic carbocycles. The van der Waals surface area contributed by atoms with E-state index in [1.54, 1.807) is 27.0 Å². The highest BCUT2D eigenvalue weighted by Gasteiger charge is 2.33. The molecule has 190 valence electrons. The van der Waals surface area contributed by atoms with Crippen molar-refractivity contribution in [1.82, 2.24) is 20.2 Å². The molecule has 1 aliphatic carbocycles. The van der Waals surface area contributed by atoms with Crippen molar-refractivity contribution in [3.63, 3.8) is 0 Å². The van der Waals surface area contributed by atoms with Crippen LogP contribution in [-0.4, -0.2) is 62.1 Å². The molecule has 2 aliphatic rings. The Bertz CT molecular complexity index is 1100. The van der Waals surface area contributed by atoms with Crippen LogP contribution in [0, 0.1) is 12.8 Å². The summed E-state index contributed by atoms with van der Waals surface area (Å²) in [5.41, 5.74) is 0.980. The molecular formula is C26H37N5O3S. The van der Waals surface area contributed by atoms with Gasteiger partial charge in [-0.05, 0) is 84.8 Å². The number of rotatable bonds is 8. The van der Waals surface area contributed by atoms with Crippen molar-refractivity contribution in [1.29, 1.82) is 0 Å². The Morgan fingerprint density at radius 1 is 1.26 bits per heavy atom. The van der Waals surface area contributed by atoms with E-state index in [0.29, 0.717) is 29.1 Å². The summed E-state index contributed by atoms with van der Waals surface area (Å²) >= 11 is 1.20. The molecule has 2 fully saturated rings. The van der Waals surface area contributed by atoms with Crippen LogP contribution >= 0.6 is 11.3 Å². The first kappa shape index (κ1) is 25.6. The van der Waals surface area contributed by atoms with Crippen LogP contribution in [0.4, 0.5) is 5.82 Å². The van der Waals surface area contributed by atoms with E-state index in [1.165, 1.54) is 24.2 Å². The lowest BCUT2D eigenvalue weighted by Crippen LogP contribution is -2.47. The average molecular weight is 500 g/mol. The lowest BCUT2D eigenvalue weighted by molar-refractivity contribution is 0.0408. The fourth-order valence-corrected chi connectivity index (χ4v) is 5.41. The van der Waals surface area contributed by atoms with Crippen LogP contribution in [0.1, 0.15) is 86.2 Å². The first-order valence-corrected chi connectivity index (χ1v) is 13.4. The van der Waals surface area contributed by atoms with Crippen molar-refractivity contribution in [3.05, 3.63) is 28.5 Å². The van der Waals surface area contributed by atoms with Crippen molar-refractivity contribution in [2.75, 3.05) is 11.9 Å². The minimum Gasteiger partial charge on any atom is -0.388 e. The largest absolute Gasteiger partial charge is 0.388 e. The number of aliphatic hydroxyl groups is 1. The van der Waals surface area contributed by atoms with Crippen molar-refractivity contribution < 1.29 is 14.7 Å². The van der Waals surface area contributed by atoms with Gasteiger partial charge < -0.3 is 20.6 Å². The summed E-state index contributed by atoms with van der Waals surface area (Å²) in [6, 6.07) is 2.02. The molecule has 2 amide bonds. The van der Waals surface area contributed by atoms with Gasteiger partial charge in [-0.15, -0.1) is 11.3 Å². The molecule has 4 rings (SSSR count). The number of carbonyl (C=O) groups is 2. The monoisotopic (exact) mass is 499 g/mol. The highest BCUT2D eigenvalue weighted by Crippen LogP contribution is 2.37. The van der Waals surface area contributed by atoms with E-state index in [4.69, 9.17) is 0 Å². The molecule has 1 aliphatic heterocycles. The average Bonchev–Trinajstić information content (AvgIpc) is 3.40. The third-order valence-corrected chi connectivity index (χ3v) is 8.39. The summed E-state index contributed by atoms with van der Waals surface area (Å²) in [6.07, 6.45) is 6.20. The SMILES string of the molecule is Cc1cc(N[C@H](C)C2CC2)ncc1-c1sc(C(=O)N[C@H](C)C(C)(C)O)nc1C(=O)N1CCC[C@@H]1C. The minimum atomic E-state index is -1.08. The van der Waals surface area contributed by atoms with Crippen LogP contribution in [0.25, 0.3) is 10.4 Å². The first-order chi connectivity index (χ1) is 16.5. The number of nitrogens with one attached hydrogen (secondary N) is 2. The second-order valence-electron chi connectivity index (χ2n) is 10.7. The number of hydrogen-bond acceptors (Lipinski definition) is 7. The Morgan fingerprint density at radius 2 is 1.97 bits per heavy atom. The zero-order chi connectivity index (χ0) is 25.5. The molecule has 2 aromatic rings. The van der Waals surface area contributed by atoms with Crippen LogP contribution in [0.5, 0.6) is 0 Å². The molecule has 3 atom stereocenters. The van der Waals surface area contributed by atoms with Crippen LogP contribution < -0.4 is 10.6 Å². The number of carbonyl (C=O) groups excluding carboxylic acids is 2. The van der Waals surface area contributed by atoms with Gasteiger partial charge in [0.2, 0.25) is 0 Å². The summed E-state index contributed by atoms with van der Waals surface area (Å²) in [5.74, 6) is 0.965. The zero-order valence-electron chi connectivity index (χ0n) is 21.5. The Hall–Kier alpha value is -2.52. The molecule has 8 nitrogen and oxygen atoms in total. The van der Waals surface area contributed by atoms with Crippen LogP contribution in [-0.2, 0) is 0 Å². The van der Waals surface area contributed by atoms with E-state index >= 15 is 0 Å². The van der Waals surface area contributed by atoms with Gasteiger partial charge in [0.1, 0.15) is 11.5 Å². The number of amides is 2. The molecule has 3 N–H and O–H groups in total. The van der Waals surface area contributed by atoms with E-state index in [1.807, 2.05) is 24.8 Å². The van der Waals surface area contributed by atoms with E-state index < -0.39 is 17.6 Å². The lowest BCUT2D eigenvalue weighted by atomic mass is 10.0. The minimum absolute atomic E-state index is 0.138. The molecule has 0 bridgehead atoms. The Kier molecular flexibility index (Phi) is 7.20. The second-order valence-corrected chi connectivity index (χ2v) is 11.7. The third-order valence-electron chi connectivity index (χ3n) is 7.31. The standard InChI is InChI=1S/C26H37N5O3S/c1-14-12-20(28-16(3)18-9-10-18)27-13-19(14)22-21(25(33)31-11-7-8-15(31)2)30-24(35-22)23(32)29-17(4)26(5,6)34/h12-13,15-18,34H,7-11H2,1-6H3,(H,27,28)(H,29,32)/t15-,16+,17+/m0/s1. The van der Waals surface area contributed by atoms with Gasteiger partial charge in [-0.2, -0.15) is 0 Å². The molecule has 0 radical (unpaired) electrons. The van der Waals surface area contributed by atoms with Gasteiger partial charge in [-0.3, -0.25) is 9.59 Å². The molecule has 0 spiro atoms. The van der Waals surface area contributed by atoms with E-state index in [9.17, 15) is 14.7 Å². The van der Waals surface area contributed by atoms with Crippen molar-refractivity contribution >= 4 is 29.0 Å². The number of aryl methyl sites for hydroxylation is 1. The zero-order valence-corrected chi connectivity index (χ0v) is 22.3. The Labute approximate surface area is 211 Å². The first-order valence-electron chi connectivity index (χ1n) is 12.5. The maximum absolute atomic E-state index is 13.5. The lowest BCUT2D eigenvalue weighted by Gasteiger charge is -2.26. The predicted molar refractivity (Wildman–Crippen MR) is 139 cm³/mol. The van der Waals surface area contributed by atoms with Gasteiger partial charge in [0.05, 0.1) is 16.5 Å². The number of hydrogen-bond donors (Lipinski definition) is 3. The van der Waals surface area contributed by atoms with E-state index in [2.05, 4.69) is 27.5 Å². The highest BCUT2D eigenvalue weighted by molar-refractivity contribution is 7.17. The molecule has 3 heterocycles. The van der Waals surface area contributed by atoms with Gasteiger partial charge in [0.25, 0.3) is 11.8 Å². The summed E-state index contributed by atoms with van der Waals surface area (Å²) in [6.45, 7) is 11.9. The number of thiazole rings is 1. The number of aromatic nitrogens is 2. The fraction of sp³-hybridized carbons (Fsp3) is 0.615. The predicted octanol–water partition coefficient (Wildman–Crippen LogP) is 4.24. The number of pyridine rings is 1. The van der Waals surface area contributed by atoms with Crippen LogP contribution in [0.15, 0.2) is 12.3 Å². The summed E-state index contributed by atoms with van der Waals surface area (Å²) in [4.78, 5) is 38.2.